The number of nitrogens with one attached hydrogen (secondary N) is 1. The van der Waals surface area contributed by atoms with E-state index in [1.165, 1.54) is 0 Å². The van der Waals surface area contributed by atoms with Crippen LogP contribution in [0.25, 0.3) is 0 Å². The van der Waals surface area contributed by atoms with Crippen LogP contribution in [0.15, 0.2) is 78.9 Å². The van der Waals surface area contributed by atoms with E-state index in [4.69, 9.17) is 14.2 Å². The molecule has 0 spiro atoms. The largest absolute Gasteiger partial charge is 0.493 e. The zero-order valence-electron chi connectivity index (χ0n) is 21.1. The monoisotopic (exact) mass is 490 g/mol. The van der Waals surface area contributed by atoms with Crippen molar-refractivity contribution in [2.75, 3.05) is 34.5 Å². The minimum absolute atomic E-state index is 0.115. The van der Waals surface area contributed by atoms with E-state index in [0.29, 0.717) is 37.6 Å². The number of carbonyl (C=O) groups is 2. The van der Waals surface area contributed by atoms with Crippen LogP contribution in [-0.4, -0.2) is 57.2 Å². The summed E-state index contributed by atoms with van der Waals surface area (Å²) in [4.78, 5) is 28.9. The average Bonchev–Trinajstić information content (AvgIpc) is 2.91. The molecule has 0 saturated heterocycles. The number of nitrogens with zero attached hydrogens (tertiary/aromatic N) is 1. The summed E-state index contributed by atoms with van der Waals surface area (Å²) in [6.07, 6.45) is 0.508. The zero-order chi connectivity index (χ0) is 25.8. The van der Waals surface area contributed by atoms with Crippen LogP contribution in [0.2, 0.25) is 0 Å². The molecular formula is C29H34N2O5. The third kappa shape index (κ3) is 7.58. The molecule has 3 rings (SSSR count). The highest BCUT2D eigenvalue weighted by molar-refractivity contribution is 5.88. The third-order valence-corrected chi connectivity index (χ3v) is 5.88. The lowest BCUT2D eigenvalue weighted by Gasteiger charge is -2.31. The van der Waals surface area contributed by atoms with Gasteiger partial charge in [0.25, 0.3) is 0 Å². The second-order valence-corrected chi connectivity index (χ2v) is 8.36. The summed E-state index contributed by atoms with van der Waals surface area (Å²) >= 11 is 0. The minimum atomic E-state index is -0.697. The zero-order valence-corrected chi connectivity index (χ0v) is 21.1. The molecule has 1 N–H and O–H groups in total. The molecule has 0 aliphatic heterocycles. The normalized spacial score (nSPS) is 11.4. The van der Waals surface area contributed by atoms with Crippen LogP contribution in [0.4, 0.5) is 0 Å². The van der Waals surface area contributed by atoms with E-state index >= 15 is 0 Å². The maximum atomic E-state index is 13.8. The molecule has 2 amide bonds. The Morgan fingerprint density at radius 2 is 1.44 bits per heavy atom. The molecule has 1 atom stereocenters. The smallest absolute Gasteiger partial charge is 0.243 e. The highest BCUT2D eigenvalue weighted by Gasteiger charge is 2.30. The topological polar surface area (TPSA) is 77.1 Å². The van der Waals surface area contributed by atoms with Crippen molar-refractivity contribution in [1.29, 1.82) is 0 Å². The molecule has 0 radical (unpaired) electrons. The van der Waals surface area contributed by atoms with E-state index in [9.17, 15) is 9.59 Å². The first kappa shape index (κ1) is 26.8. The predicted octanol–water partition coefficient (Wildman–Crippen LogP) is 3.65. The van der Waals surface area contributed by atoms with Crippen LogP contribution in [0.5, 0.6) is 11.5 Å². The lowest BCUT2D eigenvalue weighted by Crippen LogP contribution is -2.51. The average molecular weight is 491 g/mol. The Kier molecular flexibility index (Phi) is 10.3. The molecule has 0 aromatic heterocycles. The fourth-order valence-corrected chi connectivity index (χ4v) is 3.99. The minimum Gasteiger partial charge on any atom is -0.493 e. The number of methoxy groups -OCH3 is 3. The van der Waals surface area contributed by atoms with E-state index in [0.717, 1.165) is 16.7 Å². The van der Waals surface area contributed by atoms with Crippen molar-refractivity contribution in [1.82, 2.24) is 10.2 Å². The Balaban J connectivity index is 1.93. The maximum Gasteiger partial charge on any atom is 0.243 e. The number of amides is 2. The van der Waals surface area contributed by atoms with Gasteiger partial charge in [0, 0.05) is 26.6 Å². The van der Waals surface area contributed by atoms with Crippen LogP contribution >= 0.6 is 0 Å². The first-order valence-electron chi connectivity index (χ1n) is 11.9. The molecule has 3 aromatic rings. The summed E-state index contributed by atoms with van der Waals surface area (Å²) in [5.41, 5.74) is 2.69. The first-order valence-corrected chi connectivity index (χ1v) is 11.9. The van der Waals surface area contributed by atoms with Gasteiger partial charge in [0.1, 0.15) is 6.04 Å². The second kappa shape index (κ2) is 13.9. The standard InChI is InChI=1S/C29H34N2O5/c1-34-17-16-30-29(33)25(18-22-10-6-4-7-11-22)31(21-23-12-8-5-9-13-23)28(32)20-24-14-15-26(35-2)27(19-24)36-3/h4-15,19,25H,16-18,20-21H2,1-3H3,(H,30,33)/t25-/m1/s1. The maximum absolute atomic E-state index is 13.8. The van der Waals surface area contributed by atoms with Crippen LogP contribution in [0.3, 0.4) is 0 Å². The molecule has 36 heavy (non-hydrogen) atoms. The predicted molar refractivity (Wildman–Crippen MR) is 139 cm³/mol. The van der Waals surface area contributed by atoms with Gasteiger partial charge >= 0.3 is 0 Å². The molecule has 3 aromatic carbocycles. The SMILES string of the molecule is COCCNC(=O)[C@@H](Cc1ccccc1)N(Cc1ccccc1)C(=O)Cc1ccc(OC)c(OC)c1. The van der Waals surface area contributed by atoms with E-state index in [2.05, 4.69) is 5.32 Å². The lowest BCUT2D eigenvalue weighted by molar-refractivity contribution is -0.140. The summed E-state index contributed by atoms with van der Waals surface area (Å²) in [6, 6.07) is 24.1. The van der Waals surface area contributed by atoms with Gasteiger partial charge in [0.15, 0.2) is 11.5 Å². The van der Waals surface area contributed by atoms with E-state index in [-0.39, 0.29) is 18.2 Å². The fraction of sp³-hybridized carbons (Fsp3) is 0.310. The van der Waals surface area contributed by atoms with Gasteiger partial charge in [-0.15, -0.1) is 0 Å². The summed E-state index contributed by atoms with van der Waals surface area (Å²) in [6.45, 7) is 1.06. The van der Waals surface area contributed by atoms with Crippen molar-refractivity contribution in [3.8, 4) is 11.5 Å². The van der Waals surface area contributed by atoms with Crippen molar-refractivity contribution in [2.24, 2.45) is 0 Å². The molecule has 0 aliphatic rings. The Labute approximate surface area is 213 Å². The third-order valence-electron chi connectivity index (χ3n) is 5.88. The molecule has 7 nitrogen and oxygen atoms in total. The van der Waals surface area contributed by atoms with Gasteiger partial charge in [-0.1, -0.05) is 66.7 Å². The van der Waals surface area contributed by atoms with Crippen molar-refractivity contribution in [2.45, 2.75) is 25.4 Å². The Morgan fingerprint density at radius 3 is 2.06 bits per heavy atom. The molecule has 0 heterocycles. The highest BCUT2D eigenvalue weighted by Crippen LogP contribution is 2.28. The van der Waals surface area contributed by atoms with Crippen molar-refractivity contribution in [3.63, 3.8) is 0 Å². The summed E-state index contributed by atoms with van der Waals surface area (Å²) in [5.74, 6) is 0.770. The lowest BCUT2D eigenvalue weighted by atomic mass is 10.0. The second-order valence-electron chi connectivity index (χ2n) is 8.36. The van der Waals surface area contributed by atoms with Gasteiger partial charge in [-0.3, -0.25) is 9.59 Å². The van der Waals surface area contributed by atoms with Crippen molar-refractivity contribution >= 4 is 11.8 Å². The quantitative estimate of drug-likeness (QED) is 0.370. The Bertz CT molecular complexity index is 1110. The molecule has 0 fully saturated rings. The number of hydrogen-bond donors (Lipinski definition) is 1. The summed E-state index contributed by atoms with van der Waals surface area (Å²) in [5, 5.41) is 2.93. The molecule has 0 aliphatic carbocycles. The molecule has 7 heteroatoms. The molecule has 0 saturated carbocycles. The number of ether oxygens (including phenoxy) is 3. The van der Waals surface area contributed by atoms with E-state index in [1.54, 1.807) is 38.4 Å². The van der Waals surface area contributed by atoms with Crippen LogP contribution < -0.4 is 14.8 Å². The molecular weight excluding hydrogens is 456 g/mol. The fourth-order valence-electron chi connectivity index (χ4n) is 3.99. The van der Waals surface area contributed by atoms with Gasteiger partial charge < -0.3 is 24.4 Å². The Hall–Kier alpha value is -3.84. The van der Waals surface area contributed by atoms with Crippen LogP contribution in [-0.2, 0) is 33.7 Å². The van der Waals surface area contributed by atoms with Crippen LogP contribution in [0.1, 0.15) is 16.7 Å². The van der Waals surface area contributed by atoms with Gasteiger partial charge in [-0.2, -0.15) is 0 Å². The van der Waals surface area contributed by atoms with Gasteiger partial charge in [0.2, 0.25) is 11.8 Å². The van der Waals surface area contributed by atoms with E-state index < -0.39 is 6.04 Å². The molecule has 0 bridgehead atoms. The van der Waals surface area contributed by atoms with Crippen LogP contribution in [0, 0.1) is 0 Å². The number of carbonyl (C=O) groups excluding carboxylic acids is 2. The number of rotatable bonds is 13. The number of benzene rings is 3. The summed E-state index contributed by atoms with van der Waals surface area (Å²) < 4.78 is 15.8. The van der Waals surface area contributed by atoms with Gasteiger partial charge in [-0.25, -0.2) is 0 Å². The van der Waals surface area contributed by atoms with Crippen molar-refractivity contribution < 1.29 is 23.8 Å². The van der Waals surface area contributed by atoms with Crippen molar-refractivity contribution in [3.05, 3.63) is 95.6 Å². The van der Waals surface area contributed by atoms with Gasteiger partial charge in [0.05, 0.1) is 27.2 Å². The molecule has 0 unspecified atom stereocenters. The Morgan fingerprint density at radius 1 is 0.806 bits per heavy atom. The van der Waals surface area contributed by atoms with E-state index in [1.807, 2.05) is 66.7 Å². The summed E-state index contributed by atoms with van der Waals surface area (Å²) in [7, 11) is 4.72. The molecule has 190 valence electrons. The number of hydrogen-bond acceptors (Lipinski definition) is 5. The highest BCUT2D eigenvalue weighted by atomic mass is 16.5. The first-order chi connectivity index (χ1) is 17.5. The van der Waals surface area contributed by atoms with Gasteiger partial charge in [-0.05, 0) is 28.8 Å².